The Labute approximate surface area is 119 Å². The van der Waals surface area contributed by atoms with Gasteiger partial charge >= 0.3 is 0 Å². The highest BCUT2D eigenvalue weighted by Gasteiger charge is 2.12. The third kappa shape index (κ3) is 4.41. The molecule has 0 unspecified atom stereocenters. The molecule has 0 heterocycles. The molecular weight excluding hydrogens is 254 g/mol. The molecule has 0 bridgehead atoms. The first-order chi connectivity index (χ1) is 9.60. The Balaban J connectivity index is 2.75. The Kier molecular flexibility index (Phi) is 6.27. The number of benzene rings is 1. The van der Waals surface area contributed by atoms with Crippen molar-refractivity contribution >= 4 is 11.8 Å². The largest absolute Gasteiger partial charge is 0.345 e. The minimum absolute atomic E-state index is 0.0260. The van der Waals surface area contributed by atoms with Crippen molar-refractivity contribution in [3.05, 3.63) is 35.4 Å². The third-order valence-electron chi connectivity index (χ3n) is 2.80. The van der Waals surface area contributed by atoms with Gasteiger partial charge in [0.2, 0.25) is 5.91 Å². The van der Waals surface area contributed by atoms with Crippen molar-refractivity contribution in [1.29, 1.82) is 0 Å². The van der Waals surface area contributed by atoms with Crippen LogP contribution in [0.4, 0.5) is 0 Å². The summed E-state index contributed by atoms with van der Waals surface area (Å²) >= 11 is 0. The van der Waals surface area contributed by atoms with Gasteiger partial charge in [0, 0.05) is 19.2 Å². The number of likely N-dealkylation sites (N-methyl/N-ethyl adjacent to an activating group) is 1. The lowest BCUT2D eigenvalue weighted by Crippen LogP contribution is -2.38. The van der Waals surface area contributed by atoms with Crippen LogP contribution in [0.2, 0.25) is 0 Å². The minimum Gasteiger partial charge on any atom is -0.345 e. The molecule has 0 aromatic heterocycles. The lowest BCUT2D eigenvalue weighted by molar-refractivity contribution is -0.128. The zero-order valence-electron chi connectivity index (χ0n) is 11.8. The van der Waals surface area contributed by atoms with Gasteiger partial charge in [-0.3, -0.25) is 9.59 Å². The van der Waals surface area contributed by atoms with Crippen molar-refractivity contribution in [2.24, 2.45) is 5.73 Å². The average Bonchev–Trinajstić information content (AvgIpc) is 2.49. The van der Waals surface area contributed by atoms with Gasteiger partial charge in [0.25, 0.3) is 5.91 Å². The van der Waals surface area contributed by atoms with E-state index in [2.05, 4.69) is 17.2 Å². The molecule has 0 saturated heterocycles. The molecule has 1 aromatic carbocycles. The Morgan fingerprint density at radius 1 is 1.35 bits per heavy atom. The summed E-state index contributed by atoms with van der Waals surface area (Å²) in [5, 5.41) is 2.60. The van der Waals surface area contributed by atoms with Crippen LogP contribution in [0.3, 0.4) is 0 Å². The molecule has 0 aliphatic carbocycles. The maximum Gasteiger partial charge on any atom is 0.252 e. The summed E-state index contributed by atoms with van der Waals surface area (Å²) in [5.41, 5.74) is 6.37. The minimum atomic E-state index is -0.315. The van der Waals surface area contributed by atoms with Crippen LogP contribution in [0.5, 0.6) is 0 Å². The number of carbonyl (C=O) groups is 2. The quantitative estimate of drug-likeness (QED) is 0.770. The van der Waals surface area contributed by atoms with Crippen molar-refractivity contribution < 1.29 is 9.59 Å². The Hall–Kier alpha value is -2.32. The average molecular weight is 273 g/mol. The van der Waals surface area contributed by atoms with E-state index in [1.54, 1.807) is 36.2 Å². The van der Waals surface area contributed by atoms with Crippen LogP contribution in [0.15, 0.2) is 24.3 Å². The fraction of sp³-hybridized carbons (Fsp3) is 0.333. The molecule has 0 aliphatic rings. The molecule has 0 fully saturated rings. The van der Waals surface area contributed by atoms with E-state index in [0.717, 1.165) is 0 Å². The molecule has 5 nitrogen and oxygen atoms in total. The number of carbonyl (C=O) groups excluding carboxylic acids is 2. The van der Waals surface area contributed by atoms with Crippen LogP contribution < -0.4 is 11.1 Å². The predicted octanol–water partition coefficient (Wildman–Crippen LogP) is 0.205. The molecule has 1 aromatic rings. The van der Waals surface area contributed by atoms with Crippen molar-refractivity contribution in [2.45, 2.75) is 6.92 Å². The number of amides is 2. The maximum absolute atomic E-state index is 12.1. The molecule has 1 rings (SSSR count). The van der Waals surface area contributed by atoms with E-state index in [1.807, 2.05) is 6.92 Å². The second-order valence-electron chi connectivity index (χ2n) is 4.14. The van der Waals surface area contributed by atoms with Gasteiger partial charge in [-0.05, 0) is 19.1 Å². The zero-order chi connectivity index (χ0) is 15.0. The summed E-state index contributed by atoms with van der Waals surface area (Å²) in [6, 6.07) is 6.97. The molecule has 0 radical (unpaired) electrons. The molecule has 3 N–H and O–H groups in total. The highest BCUT2D eigenvalue weighted by molar-refractivity contribution is 5.98. The number of rotatable bonds is 4. The van der Waals surface area contributed by atoms with E-state index in [9.17, 15) is 9.59 Å². The second kappa shape index (κ2) is 7.97. The number of nitrogens with two attached hydrogens (primary N) is 1. The lowest BCUT2D eigenvalue weighted by Gasteiger charge is -2.14. The highest BCUT2D eigenvalue weighted by Crippen LogP contribution is 2.06. The smallest absolute Gasteiger partial charge is 0.252 e. The van der Waals surface area contributed by atoms with Crippen LogP contribution in [-0.2, 0) is 4.79 Å². The first kappa shape index (κ1) is 15.7. The molecule has 20 heavy (non-hydrogen) atoms. The van der Waals surface area contributed by atoms with Crippen LogP contribution in [0.1, 0.15) is 22.8 Å². The molecule has 5 heteroatoms. The number of hydrogen-bond acceptors (Lipinski definition) is 3. The van der Waals surface area contributed by atoms with Crippen LogP contribution in [0, 0.1) is 11.8 Å². The normalized spacial score (nSPS) is 9.35. The number of nitrogens with one attached hydrogen (secondary N) is 1. The van der Waals surface area contributed by atoms with Gasteiger partial charge in [-0.2, -0.15) is 0 Å². The van der Waals surface area contributed by atoms with E-state index in [1.165, 1.54) is 0 Å². The fourth-order valence-electron chi connectivity index (χ4n) is 1.50. The monoisotopic (exact) mass is 273 g/mol. The summed E-state index contributed by atoms with van der Waals surface area (Å²) in [4.78, 5) is 25.2. The van der Waals surface area contributed by atoms with Crippen molar-refractivity contribution in [3.63, 3.8) is 0 Å². The molecule has 0 aliphatic heterocycles. The van der Waals surface area contributed by atoms with E-state index < -0.39 is 0 Å². The van der Waals surface area contributed by atoms with Gasteiger partial charge < -0.3 is 16.0 Å². The fourth-order valence-corrected chi connectivity index (χ4v) is 1.50. The first-order valence-electron chi connectivity index (χ1n) is 6.40. The summed E-state index contributed by atoms with van der Waals surface area (Å²) in [5.74, 6) is 5.11. The maximum atomic E-state index is 12.1. The second-order valence-corrected chi connectivity index (χ2v) is 4.14. The van der Waals surface area contributed by atoms with E-state index >= 15 is 0 Å². The van der Waals surface area contributed by atoms with Gasteiger partial charge in [0.1, 0.15) is 0 Å². The Morgan fingerprint density at radius 3 is 2.70 bits per heavy atom. The van der Waals surface area contributed by atoms with Crippen LogP contribution in [-0.4, -0.2) is 43.4 Å². The third-order valence-corrected chi connectivity index (χ3v) is 2.80. The van der Waals surface area contributed by atoms with Gasteiger partial charge in [-0.1, -0.05) is 24.0 Å². The van der Waals surface area contributed by atoms with Gasteiger partial charge in [-0.15, -0.1) is 0 Å². The van der Waals surface area contributed by atoms with Gasteiger partial charge in [0.05, 0.1) is 18.7 Å². The summed E-state index contributed by atoms with van der Waals surface area (Å²) < 4.78 is 0. The predicted molar refractivity (Wildman–Crippen MR) is 78.0 cm³/mol. The summed E-state index contributed by atoms with van der Waals surface area (Å²) in [6.07, 6.45) is 0. The zero-order valence-corrected chi connectivity index (χ0v) is 11.8. The van der Waals surface area contributed by atoms with E-state index in [4.69, 9.17) is 5.73 Å². The van der Waals surface area contributed by atoms with E-state index in [-0.39, 0.29) is 24.9 Å². The first-order valence-corrected chi connectivity index (χ1v) is 6.40. The molecule has 2 amide bonds. The summed E-state index contributed by atoms with van der Waals surface area (Å²) in [6.45, 7) is 2.68. The summed E-state index contributed by atoms with van der Waals surface area (Å²) in [7, 11) is 1.69. The van der Waals surface area contributed by atoms with Crippen LogP contribution in [0.25, 0.3) is 0 Å². The van der Waals surface area contributed by atoms with Gasteiger partial charge in [-0.25, -0.2) is 0 Å². The molecular formula is C15H19N3O2. The number of hydrogen-bond donors (Lipinski definition) is 2. The van der Waals surface area contributed by atoms with Crippen molar-refractivity contribution in [3.8, 4) is 11.8 Å². The molecule has 0 atom stereocenters. The highest BCUT2D eigenvalue weighted by atomic mass is 16.2. The lowest BCUT2D eigenvalue weighted by atomic mass is 10.1. The standard InChI is InChI=1S/C15H19N3O2/c1-3-18(2)14(19)11-17-15(20)13-9-5-4-7-12(13)8-6-10-16/h4-5,7,9H,3,10-11,16H2,1-2H3,(H,17,20). The number of nitrogens with zero attached hydrogens (tertiary/aromatic N) is 1. The Morgan fingerprint density at radius 2 is 2.05 bits per heavy atom. The van der Waals surface area contributed by atoms with Gasteiger partial charge in [0.15, 0.2) is 0 Å². The molecule has 106 valence electrons. The Bertz CT molecular complexity index is 544. The SMILES string of the molecule is CCN(C)C(=O)CNC(=O)c1ccccc1C#CCN. The van der Waals surface area contributed by atoms with Crippen molar-refractivity contribution in [1.82, 2.24) is 10.2 Å². The molecule has 0 spiro atoms. The topological polar surface area (TPSA) is 75.4 Å². The van der Waals surface area contributed by atoms with Crippen LogP contribution >= 0.6 is 0 Å². The molecule has 0 saturated carbocycles. The van der Waals surface area contributed by atoms with E-state index in [0.29, 0.717) is 17.7 Å². The van der Waals surface area contributed by atoms with Crippen molar-refractivity contribution in [2.75, 3.05) is 26.7 Å².